The molecule has 0 fully saturated rings. The summed E-state index contributed by atoms with van der Waals surface area (Å²) in [6.07, 6.45) is 0.0855. The minimum atomic E-state index is -0.201. The first-order valence-electron chi connectivity index (χ1n) is 9.37. The van der Waals surface area contributed by atoms with Crippen molar-refractivity contribution in [1.29, 1.82) is 0 Å². The minimum Gasteiger partial charge on any atom is -0.486 e. The molecule has 6 heteroatoms. The first-order valence-corrected chi connectivity index (χ1v) is 9.37. The number of rotatable bonds is 5. The highest BCUT2D eigenvalue weighted by molar-refractivity contribution is 5.79. The summed E-state index contributed by atoms with van der Waals surface area (Å²) >= 11 is 0. The summed E-state index contributed by atoms with van der Waals surface area (Å²) in [5, 5.41) is 7.55. The molecule has 2 heterocycles. The van der Waals surface area contributed by atoms with E-state index in [2.05, 4.69) is 10.4 Å². The van der Waals surface area contributed by atoms with Gasteiger partial charge in [-0.1, -0.05) is 30.3 Å². The maximum absolute atomic E-state index is 12.5. The highest BCUT2D eigenvalue weighted by Crippen LogP contribution is 2.30. The van der Waals surface area contributed by atoms with Gasteiger partial charge in [0.2, 0.25) is 5.91 Å². The molecule has 1 amide bonds. The van der Waals surface area contributed by atoms with Gasteiger partial charge in [0.15, 0.2) is 11.5 Å². The van der Waals surface area contributed by atoms with E-state index in [1.165, 1.54) is 0 Å². The number of aryl methyl sites for hydroxylation is 1. The van der Waals surface area contributed by atoms with Gasteiger partial charge in [-0.05, 0) is 38.1 Å². The maximum atomic E-state index is 12.5. The van der Waals surface area contributed by atoms with Gasteiger partial charge in [-0.3, -0.25) is 4.79 Å². The molecule has 0 saturated carbocycles. The Morgan fingerprint density at radius 2 is 1.82 bits per heavy atom. The molecular formula is C22H23N3O3. The van der Waals surface area contributed by atoms with E-state index in [9.17, 15) is 4.79 Å². The van der Waals surface area contributed by atoms with Crippen LogP contribution >= 0.6 is 0 Å². The van der Waals surface area contributed by atoms with Crippen molar-refractivity contribution in [2.75, 3.05) is 13.2 Å². The molecule has 1 aliphatic rings. The molecule has 1 N–H and O–H groups in total. The van der Waals surface area contributed by atoms with Crippen molar-refractivity contribution in [1.82, 2.24) is 15.1 Å². The van der Waals surface area contributed by atoms with Crippen LogP contribution in [0.4, 0.5) is 0 Å². The summed E-state index contributed by atoms with van der Waals surface area (Å²) in [5.41, 5.74) is 3.78. The van der Waals surface area contributed by atoms with Gasteiger partial charge < -0.3 is 14.8 Å². The molecular weight excluding hydrogens is 354 g/mol. The van der Waals surface area contributed by atoms with Crippen LogP contribution in [-0.4, -0.2) is 34.9 Å². The lowest BCUT2D eigenvalue weighted by Gasteiger charge is -2.26. The first kappa shape index (κ1) is 18.1. The fourth-order valence-corrected chi connectivity index (χ4v) is 3.37. The average Bonchev–Trinajstić information content (AvgIpc) is 3.01. The Kier molecular flexibility index (Phi) is 5.02. The van der Waals surface area contributed by atoms with Crippen molar-refractivity contribution in [3.05, 3.63) is 71.5 Å². The summed E-state index contributed by atoms with van der Waals surface area (Å²) in [6.45, 7) is 4.74. The minimum absolute atomic E-state index is 0.0544. The Morgan fingerprint density at radius 1 is 1.11 bits per heavy atom. The van der Waals surface area contributed by atoms with E-state index in [0.717, 1.165) is 28.4 Å². The molecule has 1 atom stereocenters. The van der Waals surface area contributed by atoms with Crippen LogP contribution in [0, 0.1) is 13.8 Å². The number of amides is 1. The fourth-order valence-electron chi connectivity index (χ4n) is 3.37. The molecule has 0 bridgehead atoms. The number of hydrogen-bond donors (Lipinski definition) is 1. The molecule has 3 aromatic rings. The Balaban J connectivity index is 1.38. The predicted octanol–water partition coefficient (Wildman–Crippen LogP) is 2.99. The van der Waals surface area contributed by atoms with E-state index in [1.807, 2.05) is 73.1 Å². The van der Waals surface area contributed by atoms with Crippen molar-refractivity contribution in [2.45, 2.75) is 26.4 Å². The van der Waals surface area contributed by atoms with Crippen LogP contribution in [0.15, 0.2) is 54.6 Å². The Morgan fingerprint density at radius 3 is 2.61 bits per heavy atom. The molecule has 144 valence electrons. The lowest BCUT2D eigenvalue weighted by atomic mass is 10.1. The topological polar surface area (TPSA) is 65.4 Å². The van der Waals surface area contributed by atoms with Crippen LogP contribution < -0.4 is 14.8 Å². The molecule has 0 radical (unpaired) electrons. The standard InChI is InChI=1S/C22H23N3O3/c1-15-19(16(2)25(24-15)17-8-4-3-5-9-17)12-22(26)23-13-18-14-27-20-10-6-7-11-21(20)28-18/h3-11,18H,12-14H2,1-2H3,(H,23,26). The van der Waals surface area contributed by atoms with E-state index in [0.29, 0.717) is 18.9 Å². The number of nitrogens with one attached hydrogen (secondary N) is 1. The van der Waals surface area contributed by atoms with Crippen LogP contribution in [0.1, 0.15) is 17.0 Å². The van der Waals surface area contributed by atoms with Gasteiger partial charge in [-0.15, -0.1) is 0 Å². The smallest absolute Gasteiger partial charge is 0.224 e. The summed E-state index contributed by atoms with van der Waals surface area (Å²) in [4.78, 5) is 12.5. The zero-order valence-corrected chi connectivity index (χ0v) is 16.0. The number of carbonyl (C=O) groups is 1. The second-order valence-electron chi connectivity index (χ2n) is 6.88. The lowest BCUT2D eigenvalue weighted by molar-refractivity contribution is -0.121. The van der Waals surface area contributed by atoms with E-state index in [4.69, 9.17) is 9.47 Å². The number of aromatic nitrogens is 2. The normalized spacial score (nSPS) is 15.3. The Hall–Kier alpha value is -3.28. The summed E-state index contributed by atoms with van der Waals surface area (Å²) in [6, 6.07) is 17.5. The second kappa shape index (κ2) is 7.76. The largest absolute Gasteiger partial charge is 0.486 e. The van der Waals surface area contributed by atoms with Gasteiger partial charge >= 0.3 is 0 Å². The van der Waals surface area contributed by atoms with Crippen LogP contribution in [0.2, 0.25) is 0 Å². The molecule has 4 rings (SSSR count). The van der Waals surface area contributed by atoms with Gasteiger partial charge in [-0.2, -0.15) is 5.10 Å². The van der Waals surface area contributed by atoms with Crippen molar-refractivity contribution in [2.24, 2.45) is 0 Å². The second-order valence-corrected chi connectivity index (χ2v) is 6.88. The van der Waals surface area contributed by atoms with Gasteiger partial charge in [0.25, 0.3) is 0 Å². The number of para-hydroxylation sites is 3. The van der Waals surface area contributed by atoms with Gasteiger partial charge in [-0.25, -0.2) is 4.68 Å². The monoisotopic (exact) mass is 377 g/mol. The quantitative estimate of drug-likeness (QED) is 0.742. The van der Waals surface area contributed by atoms with Crippen molar-refractivity contribution in [3.63, 3.8) is 0 Å². The average molecular weight is 377 g/mol. The number of hydrogen-bond acceptors (Lipinski definition) is 4. The number of nitrogens with zero attached hydrogens (tertiary/aromatic N) is 2. The van der Waals surface area contributed by atoms with Crippen molar-refractivity contribution in [3.8, 4) is 17.2 Å². The van der Waals surface area contributed by atoms with Crippen molar-refractivity contribution >= 4 is 5.91 Å². The Labute approximate surface area is 164 Å². The third kappa shape index (κ3) is 3.71. The zero-order valence-electron chi connectivity index (χ0n) is 16.0. The van der Waals surface area contributed by atoms with E-state index < -0.39 is 0 Å². The third-order valence-electron chi connectivity index (χ3n) is 4.87. The molecule has 0 aliphatic carbocycles. The molecule has 0 spiro atoms. The molecule has 1 unspecified atom stereocenters. The molecule has 6 nitrogen and oxygen atoms in total. The highest BCUT2D eigenvalue weighted by Gasteiger charge is 2.22. The number of fused-ring (bicyclic) bond motifs is 1. The van der Waals surface area contributed by atoms with E-state index >= 15 is 0 Å². The number of carbonyl (C=O) groups excluding carboxylic acids is 1. The summed E-state index contributed by atoms with van der Waals surface area (Å²) in [7, 11) is 0. The molecule has 0 saturated heterocycles. The molecule has 1 aliphatic heterocycles. The first-order chi connectivity index (χ1) is 13.6. The number of benzene rings is 2. The lowest BCUT2D eigenvalue weighted by Crippen LogP contribution is -2.41. The SMILES string of the molecule is Cc1nn(-c2ccccc2)c(C)c1CC(=O)NCC1COc2ccccc2O1. The summed E-state index contributed by atoms with van der Waals surface area (Å²) in [5.74, 6) is 1.40. The van der Waals surface area contributed by atoms with E-state index in [1.54, 1.807) is 0 Å². The molecule has 1 aromatic heterocycles. The Bertz CT molecular complexity index is 982. The third-order valence-corrected chi connectivity index (χ3v) is 4.87. The van der Waals surface area contributed by atoms with Gasteiger partial charge in [0.05, 0.1) is 24.3 Å². The molecule has 2 aromatic carbocycles. The van der Waals surface area contributed by atoms with Crippen molar-refractivity contribution < 1.29 is 14.3 Å². The van der Waals surface area contributed by atoms with Crippen LogP contribution in [0.3, 0.4) is 0 Å². The van der Waals surface area contributed by atoms with Gasteiger partial charge in [0, 0.05) is 11.3 Å². The van der Waals surface area contributed by atoms with E-state index in [-0.39, 0.29) is 18.4 Å². The fraction of sp³-hybridized carbons (Fsp3) is 0.273. The zero-order chi connectivity index (χ0) is 19.5. The maximum Gasteiger partial charge on any atom is 0.224 e. The van der Waals surface area contributed by atoms with Gasteiger partial charge in [0.1, 0.15) is 12.7 Å². The molecule has 28 heavy (non-hydrogen) atoms. The van der Waals surface area contributed by atoms with Crippen LogP contribution in [0.5, 0.6) is 11.5 Å². The van der Waals surface area contributed by atoms with Crippen LogP contribution in [0.25, 0.3) is 5.69 Å². The number of ether oxygens (including phenoxy) is 2. The predicted molar refractivity (Wildman–Crippen MR) is 106 cm³/mol. The summed E-state index contributed by atoms with van der Waals surface area (Å²) < 4.78 is 13.5. The van der Waals surface area contributed by atoms with Crippen LogP contribution in [-0.2, 0) is 11.2 Å². The highest BCUT2D eigenvalue weighted by atomic mass is 16.6.